The van der Waals surface area contributed by atoms with Gasteiger partial charge in [-0.2, -0.15) is 0 Å². The normalized spacial score (nSPS) is 26.9. The molecule has 1 aromatic carbocycles. The second kappa shape index (κ2) is 4.52. The van der Waals surface area contributed by atoms with E-state index in [9.17, 15) is 4.39 Å². The molecule has 2 rings (SSSR count). The number of hydrogen-bond donors (Lipinski definition) is 1. The van der Waals surface area contributed by atoms with Crippen LogP contribution in [0.2, 0.25) is 0 Å². The quantitative estimate of drug-likeness (QED) is 0.823. The molecule has 1 fully saturated rings. The fraction of sp³-hybridized carbons (Fsp3) is 0.538. The summed E-state index contributed by atoms with van der Waals surface area (Å²) in [6.45, 7) is 2.12. The van der Waals surface area contributed by atoms with E-state index >= 15 is 0 Å². The predicted molar refractivity (Wildman–Crippen MR) is 63.9 cm³/mol. The zero-order valence-electron chi connectivity index (χ0n) is 9.96. The lowest BCUT2D eigenvalue weighted by Crippen LogP contribution is -2.52. The largest absolute Gasteiger partial charge is 0.309 e. The maximum Gasteiger partial charge on any atom is 0.123 e. The Morgan fingerprint density at radius 3 is 2.56 bits per heavy atom. The van der Waals surface area contributed by atoms with Crippen LogP contribution in [0.25, 0.3) is 0 Å². The van der Waals surface area contributed by atoms with Crippen LogP contribution in [0.3, 0.4) is 0 Å². The van der Waals surface area contributed by atoms with Gasteiger partial charge in [0.25, 0.3) is 0 Å². The molecule has 0 aromatic heterocycles. The second-order valence-corrected chi connectivity index (χ2v) is 4.68. The standard InChI is InChI=1S/C13H19FN2/c1-15-13(8-3-9-16(2)10-13)11-4-6-12(14)7-5-11/h4-7,15H,3,8-10H2,1-2H3. The summed E-state index contributed by atoms with van der Waals surface area (Å²) in [5, 5.41) is 3.42. The van der Waals surface area contributed by atoms with E-state index in [0.29, 0.717) is 0 Å². The van der Waals surface area contributed by atoms with Gasteiger partial charge in [0.05, 0.1) is 5.54 Å². The minimum absolute atomic E-state index is 0.0132. The lowest BCUT2D eigenvalue weighted by Gasteiger charge is -2.42. The molecule has 1 aliphatic heterocycles. The highest BCUT2D eigenvalue weighted by Crippen LogP contribution is 2.30. The van der Waals surface area contributed by atoms with Crippen LogP contribution in [0.5, 0.6) is 0 Å². The predicted octanol–water partition coefficient (Wildman–Crippen LogP) is 1.97. The highest BCUT2D eigenvalue weighted by Gasteiger charge is 2.34. The summed E-state index contributed by atoms with van der Waals surface area (Å²) in [4.78, 5) is 2.32. The third-order valence-corrected chi connectivity index (χ3v) is 3.56. The average Bonchev–Trinajstić information content (AvgIpc) is 2.29. The van der Waals surface area contributed by atoms with Gasteiger partial charge in [0, 0.05) is 6.54 Å². The molecule has 3 heteroatoms. The maximum absolute atomic E-state index is 12.9. The van der Waals surface area contributed by atoms with Gasteiger partial charge in [0.2, 0.25) is 0 Å². The van der Waals surface area contributed by atoms with Crippen molar-refractivity contribution in [1.82, 2.24) is 10.2 Å². The van der Waals surface area contributed by atoms with E-state index in [2.05, 4.69) is 17.3 Å². The Morgan fingerprint density at radius 1 is 1.31 bits per heavy atom. The molecule has 0 bridgehead atoms. The highest BCUT2D eigenvalue weighted by molar-refractivity contribution is 5.26. The third kappa shape index (κ3) is 2.11. The molecule has 2 nitrogen and oxygen atoms in total. The Bertz CT molecular complexity index is 349. The van der Waals surface area contributed by atoms with Crippen LogP contribution in [0.1, 0.15) is 18.4 Å². The van der Waals surface area contributed by atoms with Gasteiger partial charge in [0.1, 0.15) is 5.82 Å². The van der Waals surface area contributed by atoms with Gasteiger partial charge in [-0.15, -0.1) is 0 Å². The van der Waals surface area contributed by atoms with Crippen LogP contribution in [0, 0.1) is 5.82 Å². The number of likely N-dealkylation sites (tertiary alicyclic amines) is 1. The Morgan fingerprint density at radius 2 is 2.00 bits per heavy atom. The van der Waals surface area contributed by atoms with Gasteiger partial charge in [-0.1, -0.05) is 12.1 Å². The van der Waals surface area contributed by atoms with Crippen molar-refractivity contribution in [2.75, 3.05) is 27.2 Å². The van der Waals surface area contributed by atoms with Gasteiger partial charge < -0.3 is 10.2 Å². The molecule has 1 heterocycles. The van der Waals surface area contributed by atoms with Crippen LogP contribution in [0.15, 0.2) is 24.3 Å². The van der Waals surface area contributed by atoms with Crippen molar-refractivity contribution in [3.63, 3.8) is 0 Å². The molecule has 0 radical (unpaired) electrons. The van der Waals surface area contributed by atoms with Crippen molar-refractivity contribution in [1.29, 1.82) is 0 Å². The summed E-state index contributed by atoms with van der Waals surface area (Å²) < 4.78 is 12.9. The maximum atomic E-state index is 12.9. The Kier molecular flexibility index (Phi) is 3.26. The van der Waals surface area contributed by atoms with Gasteiger partial charge in [-0.05, 0) is 51.2 Å². The number of halogens is 1. The first kappa shape index (κ1) is 11.6. The van der Waals surface area contributed by atoms with E-state index in [1.54, 1.807) is 12.1 Å². The third-order valence-electron chi connectivity index (χ3n) is 3.56. The van der Waals surface area contributed by atoms with Crippen LogP contribution in [0.4, 0.5) is 4.39 Å². The molecule has 0 spiro atoms. The van der Waals surface area contributed by atoms with E-state index in [1.165, 1.54) is 12.0 Å². The number of hydrogen-bond acceptors (Lipinski definition) is 2. The number of likely N-dealkylation sites (N-methyl/N-ethyl adjacent to an activating group) is 2. The van der Waals surface area contributed by atoms with Crippen molar-refractivity contribution in [3.05, 3.63) is 35.6 Å². The smallest absolute Gasteiger partial charge is 0.123 e. The van der Waals surface area contributed by atoms with Crippen LogP contribution in [-0.4, -0.2) is 32.1 Å². The van der Waals surface area contributed by atoms with Crippen molar-refractivity contribution in [3.8, 4) is 0 Å². The molecule has 0 saturated carbocycles. The summed E-state index contributed by atoms with van der Waals surface area (Å²) in [5.41, 5.74) is 1.17. The molecule has 0 aliphatic carbocycles. The number of piperidine rings is 1. The fourth-order valence-corrected chi connectivity index (χ4v) is 2.62. The highest BCUT2D eigenvalue weighted by atomic mass is 19.1. The fourth-order valence-electron chi connectivity index (χ4n) is 2.62. The lowest BCUT2D eigenvalue weighted by molar-refractivity contribution is 0.152. The van der Waals surface area contributed by atoms with Crippen LogP contribution < -0.4 is 5.32 Å². The first-order valence-corrected chi connectivity index (χ1v) is 5.80. The number of nitrogens with zero attached hydrogens (tertiary/aromatic N) is 1. The lowest BCUT2D eigenvalue weighted by atomic mass is 9.82. The minimum Gasteiger partial charge on any atom is -0.309 e. The molecular formula is C13H19FN2. The van der Waals surface area contributed by atoms with Gasteiger partial charge in [-0.3, -0.25) is 0 Å². The van der Waals surface area contributed by atoms with E-state index in [4.69, 9.17) is 0 Å². The monoisotopic (exact) mass is 222 g/mol. The summed E-state index contributed by atoms with van der Waals surface area (Å²) >= 11 is 0. The van der Waals surface area contributed by atoms with Crippen molar-refractivity contribution >= 4 is 0 Å². The molecule has 1 aliphatic rings. The molecule has 16 heavy (non-hydrogen) atoms. The molecule has 1 saturated heterocycles. The topological polar surface area (TPSA) is 15.3 Å². The zero-order chi connectivity index (χ0) is 11.6. The summed E-state index contributed by atoms with van der Waals surface area (Å²) in [6, 6.07) is 6.88. The molecule has 88 valence electrons. The Balaban J connectivity index is 2.29. The molecular weight excluding hydrogens is 203 g/mol. The second-order valence-electron chi connectivity index (χ2n) is 4.68. The van der Waals surface area contributed by atoms with Crippen molar-refractivity contribution in [2.24, 2.45) is 0 Å². The summed E-state index contributed by atoms with van der Waals surface area (Å²) in [7, 11) is 4.12. The first-order chi connectivity index (χ1) is 7.66. The first-order valence-electron chi connectivity index (χ1n) is 5.80. The molecule has 1 atom stereocenters. The molecule has 1 N–H and O–H groups in total. The summed E-state index contributed by atoms with van der Waals surface area (Å²) in [6.07, 6.45) is 2.29. The Hall–Kier alpha value is -0.930. The summed E-state index contributed by atoms with van der Waals surface area (Å²) in [5.74, 6) is -0.167. The number of benzene rings is 1. The minimum atomic E-state index is -0.167. The molecule has 1 unspecified atom stereocenters. The van der Waals surface area contributed by atoms with E-state index in [-0.39, 0.29) is 11.4 Å². The van der Waals surface area contributed by atoms with Crippen molar-refractivity contribution < 1.29 is 4.39 Å². The van der Waals surface area contributed by atoms with Crippen LogP contribution >= 0.6 is 0 Å². The SMILES string of the molecule is CNC1(c2ccc(F)cc2)CCCN(C)C1. The van der Waals surface area contributed by atoms with Gasteiger partial charge in [-0.25, -0.2) is 4.39 Å². The van der Waals surface area contributed by atoms with E-state index in [0.717, 1.165) is 19.5 Å². The van der Waals surface area contributed by atoms with E-state index < -0.39 is 0 Å². The van der Waals surface area contributed by atoms with Gasteiger partial charge in [0.15, 0.2) is 0 Å². The van der Waals surface area contributed by atoms with Gasteiger partial charge >= 0.3 is 0 Å². The zero-order valence-corrected chi connectivity index (χ0v) is 9.96. The van der Waals surface area contributed by atoms with Crippen molar-refractivity contribution in [2.45, 2.75) is 18.4 Å². The Labute approximate surface area is 96.5 Å². The van der Waals surface area contributed by atoms with Crippen LogP contribution in [-0.2, 0) is 5.54 Å². The molecule has 1 aromatic rings. The number of nitrogens with one attached hydrogen (secondary N) is 1. The average molecular weight is 222 g/mol. The van der Waals surface area contributed by atoms with E-state index in [1.807, 2.05) is 19.2 Å². The molecule has 0 amide bonds. The number of rotatable bonds is 2.